The van der Waals surface area contributed by atoms with Gasteiger partial charge >= 0.3 is 0 Å². The number of sulfonamides is 2. The van der Waals surface area contributed by atoms with Crippen molar-refractivity contribution in [3.63, 3.8) is 0 Å². The molecule has 160 valence electrons. The lowest BCUT2D eigenvalue weighted by Crippen LogP contribution is -2.24. The number of carbonyl (C=O) groups is 1. The second kappa shape index (κ2) is 7.99. The normalized spacial score (nSPS) is 12.1. The van der Waals surface area contributed by atoms with Gasteiger partial charge in [-0.25, -0.2) is 21.6 Å². The van der Waals surface area contributed by atoms with Crippen molar-refractivity contribution < 1.29 is 21.6 Å². The maximum atomic E-state index is 12.8. The molecule has 0 aliphatic rings. The third-order valence-electron chi connectivity index (χ3n) is 4.62. The van der Waals surface area contributed by atoms with E-state index in [0.29, 0.717) is 16.3 Å². The van der Waals surface area contributed by atoms with Crippen LogP contribution >= 0.6 is 11.3 Å². The van der Waals surface area contributed by atoms with Crippen molar-refractivity contribution in [1.82, 2.24) is 4.72 Å². The van der Waals surface area contributed by atoms with E-state index in [-0.39, 0.29) is 10.8 Å². The second-order valence-electron chi connectivity index (χ2n) is 6.70. The van der Waals surface area contributed by atoms with Crippen molar-refractivity contribution >= 4 is 58.8 Å². The van der Waals surface area contributed by atoms with Gasteiger partial charge in [0.25, 0.3) is 5.91 Å². The van der Waals surface area contributed by atoms with Crippen LogP contribution in [0.15, 0.2) is 47.4 Å². The van der Waals surface area contributed by atoms with Crippen LogP contribution in [0.25, 0.3) is 10.1 Å². The molecule has 1 aromatic heterocycles. The molecule has 0 radical (unpaired) electrons. The summed E-state index contributed by atoms with van der Waals surface area (Å²) in [7, 11) is -4.25. The number of anilines is 2. The molecule has 0 spiro atoms. The lowest BCUT2D eigenvalue weighted by molar-refractivity contribution is 0.103. The summed E-state index contributed by atoms with van der Waals surface area (Å²) in [6.07, 6.45) is 1.12. The summed E-state index contributed by atoms with van der Waals surface area (Å²) >= 11 is 1.26. The number of thiophene rings is 1. The van der Waals surface area contributed by atoms with Gasteiger partial charge in [-0.2, -0.15) is 0 Å². The van der Waals surface area contributed by atoms with E-state index < -0.39 is 20.0 Å². The van der Waals surface area contributed by atoms with Crippen LogP contribution in [0.2, 0.25) is 0 Å². The molecule has 0 aliphatic carbocycles. The third kappa shape index (κ3) is 4.48. The molecule has 2 aromatic carbocycles. The summed E-state index contributed by atoms with van der Waals surface area (Å²) in [6.45, 7) is 1.77. The zero-order valence-electron chi connectivity index (χ0n) is 16.8. The molecule has 3 rings (SSSR count). The van der Waals surface area contributed by atoms with Crippen molar-refractivity contribution in [2.45, 2.75) is 11.8 Å². The van der Waals surface area contributed by atoms with Crippen molar-refractivity contribution in [3.8, 4) is 0 Å². The molecular formula is C19H21N3O5S3. The Morgan fingerprint density at radius 3 is 2.37 bits per heavy atom. The number of amides is 1. The van der Waals surface area contributed by atoms with Crippen LogP contribution in [-0.4, -0.2) is 43.1 Å². The average molecular weight is 468 g/mol. The van der Waals surface area contributed by atoms with E-state index >= 15 is 0 Å². The molecule has 30 heavy (non-hydrogen) atoms. The minimum absolute atomic E-state index is 0.0516. The Labute approximate surface area is 179 Å². The molecular weight excluding hydrogens is 446 g/mol. The highest BCUT2D eigenvalue weighted by Crippen LogP contribution is 2.31. The van der Waals surface area contributed by atoms with Gasteiger partial charge in [-0.3, -0.25) is 9.10 Å². The summed E-state index contributed by atoms with van der Waals surface area (Å²) in [4.78, 5) is 13.2. The predicted octanol–water partition coefficient (Wildman–Crippen LogP) is 2.77. The number of fused-ring (bicyclic) bond motifs is 1. The highest BCUT2D eigenvalue weighted by Gasteiger charge is 2.17. The summed E-state index contributed by atoms with van der Waals surface area (Å²) in [5.74, 6) is -0.378. The van der Waals surface area contributed by atoms with E-state index in [4.69, 9.17) is 0 Å². The summed E-state index contributed by atoms with van der Waals surface area (Å²) in [5, 5.41) is 3.50. The molecule has 0 atom stereocenters. The molecule has 3 aromatic rings. The molecule has 1 heterocycles. The zero-order chi connectivity index (χ0) is 22.3. The van der Waals surface area contributed by atoms with E-state index in [2.05, 4.69) is 10.0 Å². The standard InChI is InChI=1S/C19H21N3O5S3/c1-12-5-7-15(30(26,27)20-2)11-16(12)21-19(23)18-10-13-9-14(6-8-17(13)28-18)22(3)29(4,24)25/h5-11,20H,1-4H3,(H,21,23). The van der Waals surface area contributed by atoms with E-state index in [0.717, 1.165) is 21.9 Å². The van der Waals surface area contributed by atoms with Crippen LogP contribution in [0.3, 0.4) is 0 Å². The fraction of sp³-hybridized carbons (Fsp3) is 0.211. The van der Waals surface area contributed by atoms with Crippen LogP contribution in [0.5, 0.6) is 0 Å². The number of nitrogens with one attached hydrogen (secondary N) is 2. The predicted molar refractivity (Wildman–Crippen MR) is 120 cm³/mol. The second-order valence-corrected chi connectivity index (χ2v) is 11.7. The smallest absolute Gasteiger partial charge is 0.265 e. The molecule has 0 unspecified atom stereocenters. The molecule has 2 N–H and O–H groups in total. The lowest BCUT2D eigenvalue weighted by atomic mass is 10.2. The van der Waals surface area contributed by atoms with Gasteiger partial charge in [0, 0.05) is 17.4 Å². The first-order chi connectivity index (χ1) is 13.9. The third-order valence-corrected chi connectivity index (χ3v) is 8.35. The van der Waals surface area contributed by atoms with Crippen LogP contribution < -0.4 is 14.3 Å². The Kier molecular flexibility index (Phi) is 5.92. The molecule has 0 saturated heterocycles. The minimum atomic E-state index is -3.64. The number of hydrogen-bond donors (Lipinski definition) is 2. The first-order valence-electron chi connectivity index (χ1n) is 8.75. The monoisotopic (exact) mass is 467 g/mol. The number of rotatable bonds is 6. The van der Waals surface area contributed by atoms with Gasteiger partial charge in [0.05, 0.1) is 21.7 Å². The Bertz CT molecular complexity index is 1340. The maximum Gasteiger partial charge on any atom is 0.265 e. The van der Waals surface area contributed by atoms with Gasteiger partial charge in [-0.1, -0.05) is 6.07 Å². The molecule has 0 aliphatic heterocycles. The van der Waals surface area contributed by atoms with Crippen molar-refractivity contribution in [1.29, 1.82) is 0 Å². The van der Waals surface area contributed by atoms with Gasteiger partial charge in [-0.05, 0) is 61.3 Å². The SMILES string of the molecule is CNS(=O)(=O)c1ccc(C)c(NC(=O)c2cc3cc(N(C)S(C)(=O)=O)ccc3s2)c1. The number of nitrogens with zero attached hydrogens (tertiary/aromatic N) is 1. The Morgan fingerprint density at radius 2 is 1.73 bits per heavy atom. The van der Waals surface area contributed by atoms with Gasteiger partial charge in [0.15, 0.2) is 0 Å². The van der Waals surface area contributed by atoms with Crippen molar-refractivity contribution in [2.24, 2.45) is 0 Å². The first-order valence-corrected chi connectivity index (χ1v) is 12.9. The van der Waals surface area contributed by atoms with Crippen molar-refractivity contribution in [3.05, 3.63) is 52.9 Å². The number of hydrogen-bond acceptors (Lipinski definition) is 6. The van der Waals surface area contributed by atoms with Crippen molar-refractivity contribution in [2.75, 3.05) is 30.0 Å². The number of aryl methyl sites for hydroxylation is 1. The summed E-state index contributed by atoms with van der Waals surface area (Å²) in [5.41, 5.74) is 1.61. The first kappa shape index (κ1) is 22.2. The maximum absolute atomic E-state index is 12.8. The zero-order valence-corrected chi connectivity index (χ0v) is 19.2. The summed E-state index contributed by atoms with van der Waals surface area (Å²) < 4.78 is 51.8. The van der Waals surface area contributed by atoms with Crippen LogP contribution in [0.4, 0.5) is 11.4 Å². The highest BCUT2D eigenvalue weighted by atomic mass is 32.2. The largest absolute Gasteiger partial charge is 0.321 e. The Balaban J connectivity index is 1.92. The lowest BCUT2D eigenvalue weighted by Gasteiger charge is -2.16. The summed E-state index contributed by atoms with van der Waals surface area (Å²) in [6, 6.07) is 11.3. The van der Waals surface area contributed by atoms with Crippen LogP contribution in [0, 0.1) is 6.92 Å². The fourth-order valence-corrected chi connectivity index (χ4v) is 4.93. The Hall–Kier alpha value is -2.47. The number of carbonyl (C=O) groups excluding carboxylic acids is 1. The Morgan fingerprint density at radius 1 is 1.03 bits per heavy atom. The van der Waals surface area contributed by atoms with E-state index in [1.807, 2.05) is 0 Å². The highest BCUT2D eigenvalue weighted by molar-refractivity contribution is 7.92. The quantitative estimate of drug-likeness (QED) is 0.579. The molecule has 0 fully saturated rings. The molecule has 0 saturated carbocycles. The van der Waals surface area contributed by atoms with E-state index in [1.54, 1.807) is 37.3 Å². The number of benzene rings is 2. The van der Waals surface area contributed by atoms with E-state index in [9.17, 15) is 21.6 Å². The van der Waals surface area contributed by atoms with Gasteiger partial charge in [-0.15, -0.1) is 11.3 Å². The molecule has 0 bridgehead atoms. The average Bonchev–Trinajstić information content (AvgIpc) is 3.11. The van der Waals surface area contributed by atoms with Gasteiger partial charge in [0.1, 0.15) is 0 Å². The van der Waals surface area contributed by atoms with Crippen LogP contribution in [-0.2, 0) is 20.0 Å². The fourth-order valence-electron chi connectivity index (χ4n) is 2.73. The topological polar surface area (TPSA) is 113 Å². The molecule has 8 nitrogen and oxygen atoms in total. The van der Waals surface area contributed by atoms with Gasteiger partial charge in [0.2, 0.25) is 20.0 Å². The molecule has 1 amide bonds. The minimum Gasteiger partial charge on any atom is -0.321 e. The van der Waals surface area contributed by atoms with Gasteiger partial charge < -0.3 is 5.32 Å². The molecule has 11 heteroatoms. The van der Waals surface area contributed by atoms with Crippen LogP contribution in [0.1, 0.15) is 15.2 Å². The van der Waals surface area contributed by atoms with E-state index in [1.165, 1.54) is 41.9 Å².